The van der Waals surface area contributed by atoms with E-state index in [1.807, 2.05) is 30.3 Å². The van der Waals surface area contributed by atoms with Gasteiger partial charge in [0.1, 0.15) is 25.4 Å². The van der Waals surface area contributed by atoms with E-state index in [0.29, 0.717) is 0 Å². The van der Waals surface area contributed by atoms with Crippen LogP contribution in [0.2, 0.25) is 0 Å². The van der Waals surface area contributed by atoms with Crippen molar-refractivity contribution >= 4 is 17.9 Å². The minimum absolute atomic E-state index is 0.0822. The van der Waals surface area contributed by atoms with Gasteiger partial charge < -0.3 is 23.7 Å². The molecule has 1 saturated heterocycles. The number of hydrogen-bond acceptors (Lipinski definition) is 8. The highest BCUT2D eigenvalue weighted by atomic mass is 16.7. The molecule has 0 N–H and O–H groups in total. The van der Waals surface area contributed by atoms with Gasteiger partial charge in [-0.2, -0.15) is 0 Å². The lowest BCUT2D eigenvalue weighted by atomic mass is 10.1. The largest absolute Gasteiger partial charge is 0.463 e. The van der Waals surface area contributed by atoms with E-state index in [4.69, 9.17) is 23.7 Å². The number of carbonyl (C=O) groups is 3. The van der Waals surface area contributed by atoms with Crippen molar-refractivity contribution in [2.24, 2.45) is 0 Å². The van der Waals surface area contributed by atoms with Gasteiger partial charge in [-0.05, 0) is 0 Å². The van der Waals surface area contributed by atoms with Gasteiger partial charge in [-0.25, -0.2) is 0 Å². The predicted octanol–water partition coefficient (Wildman–Crippen LogP) is 1.53. The van der Waals surface area contributed by atoms with Crippen LogP contribution in [-0.4, -0.2) is 49.4 Å². The third kappa shape index (κ3) is 5.82. The quantitative estimate of drug-likeness (QED) is 0.529. The first-order chi connectivity index (χ1) is 12.4. The highest BCUT2D eigenvalue weighted by Gasteiger charge is 2.44. The summed E-state index contributed by atoms with van der Waals surface area (Å²) in [6.45, 7) is 3.50. The van der Waals surface area contributed by atoms with Crippen LogP contribution in [-0.2, 0) is 38.1 Å². The lowest BCUT2D eigenvalue weighted by molar-refractivity contribution is -0.167. The molecule has 8 nitrogen and oxygen atoms in total. The Morgan fingerprint density at radius 1 is 0.962 bits per heavy atom. The molecule has 0 bridgehead atoms. The Morgan fingerprint density at radius 2 is 1.62 bits per heavy atom. The summed E-state index contributed by atoms with van der Waals surface area (Å²) in [7, 11) is 0. The first kappa shape index (κ1) is 19.9. The molecule has 1 aliphatic heterocycles. The molecule has 26 heavy (non-hydrogen) atoms. The molecule has 142 valence electrons. The predicted molar refractivity (Wildman–Crippen MR) is 87.7 cm³/mol. The lowest BCUT2D eigenvalue weighted by Crippen LogP contribution is -2.43. The van der Waals surface area contributed by atoms with E-state index in [2.05, 4.69) is 0 Å². The lowest BCUT2D eigenvalue weighted by Gasteiger charge is -2.25. The van der Waals surface area contributed by atoms with Crippen LogP contribution in [0.3, 0.4) is 0 Å². The molecule has 0 aromatic heterocycles. The number of rotatable bonds is 7. The zero-order valence-electron chi connectivity index (χ0n) is 14.9. The van der Waals surface area contributed by atoms with Crippen LogP contribution in [0.15, 0.2) is 30.3 Å². The first-order valence-corrected chi connectivity index (χ1v) is 8.16. The summed E-state index contributed by atoms with van der Waals surface area (Å²) >= 11 is 0. The van der Waals surface area contributed by atoms with Crippen molar-refractivity contribution in [3.8, 4) is 0 Å². The van der Waals surface area contributed by atoms with Gasteiger partial charge in [0.05, 0.1) is 0 Å². The molecule has 0 saturated carbocycles. The van der Waals surface area contributed by atoms with Gasteiger partial charge in [-0.3, -0.25) is 14.4 Å². The first-order valence-electron chi connectivity index (χ1n) is 8.16. The third-order valence-corrected chi connectivity index (χ3v) is 3.60. The maximum Gasteiger partial charge on any atom is 0.303 e. The van der Waals surface area contributed by atoms with Crippen molar-refractivity contribution in [1.29, 1.82) is 0 Å². The second-order valence-electron chi connectivity index (χ2n) is 5.77. The second kappa shape index (κ2) is 9.30. The van der Waals surface area contributed by atoms with E-state index < -0.39 is 42.5 Å². The monoisotopic (exact) mass is 366 g/mol. The van der Waals surface area contributed by atoms with E-state index in [1.54, 1.807) is 0 Å². The number of ether oxygens (including phenoxy) is 5. The summed E-state index contributed by atoms with van der Waals surface area (Å²) in [5.74, 6) is -1.54. The van der Waals surface area contributed by atoms with Crippen LogP contribution in [0.1, 0.15) is 32.6 Å². The third-order valence-electron chi connectivity index (χ3n) is 3.60. The number of hydrogen-bond donors (Lipinski definition) is 0. The molecule has 0 amide bonds. The number of benzene rings is 1. The Bertz CT molecular complexity index is 629. The summed E-state index contributed by atoms with van der Waals surface area (Å²) in [4.78, 5) is 33.7. The zero-order chi connectivity index (χ0) is 19.1. The van der Waals surface area contributed by atoms with Crippen LogP contribution in [0, 0.1) is 0 Å². The summed E-state index contributed by atoms with van der Waals surface area (Å²) in [5, 5.41) is 0. The van der Waals surface area contributed by atoms with E-state index in [-0.39, 0.29) is 13.2 Å². The molecule has 1 heterocycles. The fourth-order valence-electron chi connectivity index (χ4n) is 2.54. The Labute approximate surface area is 151 Å². The van der Waals surface area contributed by atoms with Gasteiger partial charge in [-0.1, -0.05) is 30.3 Å². The average molecular weight is 366 g/mol. The molecule has 1 fully saturated rings. The molecule has 1 aliphatic rings. The smallest absolute Gasteiger partial charge is 0.303 e. The molecule has 0 radical (unpaired) electrons. The van der Waals surface area contributed by atoms with E-state index >= 15 is 0 Å². The summed E-state index contributed by atoms with van der Waals surface area (Å²) < 4.78 is 27.0. The molecule has 1 aromatic rings. The maximum atomic E-state index is 11.4. The van der Waals surface area contributed by atoms with E-state index in [9.17, 15) is 14.4 Å². The molecule has 8 heteroatoms. The SMILES string of the molecule is CC(=O)OC[C@@H](OC(C)=O)[C@@H]1OC(c2ccccc2)O[C@@H]1COC(C)=O. The fourth-order valence-corrected chi connectivity index (χ4v) is 2.54. The Balaban J connectivity index is 2.18. The van der Waals surface area contributed by atoms with Crippen LogP contribution >= 0.6 is 0 Å². The summed E-state index contributed by atoms with van der Waals surface area (Å²) in [6, 6.07) is 9.16. The molecule has 0 aliphatic carbocycles. The summed E-state index contributed by atoms with van der Waals surface area (Å²) in [6.07, 6.45) is -3.09. The Morgan fingerprint density at radius 3 is 2.19 bits per heavy atom. The van der Waals surface area contributed by atoms with Crippen molar-refractivity contribution in [3.05, 3.63) is 35.9 Å². The van der Waals surface area contributed by atoms with Crippen molar-refractivity contribution in [2.75, 3.05) is 13.2 Å². The highest BCUT2D eigenvalue weighted by Crippen LogP contribution is 2.34. The highest BCUT2D eigenvalue weighted by molar-refractivity contribution is 5.67. The normalized spacial score (nSPS) is 23.1. The second-order valence-corrected chi connectivity index (χ2v) is 5.77. The van der Waals surface area contributed by atoms with E-state index in [0.717, 1.165) is 5.56 Å². The number of esters is 3. The van der Waals surface area contributed by atoms with Gasteiger partial charge in [0, 0.05) is 26.3 Å². The van der Waals surface area contributed by atoms with Crippen LogP contribution in [0.4, 0.5) is 0 Å². The minimum Gasteiger partial charge on any atom is -0.463 e. The van der Waals surface area contributed by atoms with Gasteiger partial charge in [0.25, 0.3) is 0 Å². The van der Waals surface area contributed by atoms with Gasteiger partial charge in [0.2, 0.25) is 0 Å². The average Bonchev–Trinajstić information content (AvgIpc) is 3.01. The maximum absolute atomic E-state index is 11.4. The van der Waals surface area contributed by atoms with Crippen molar-refractivity contribution in [2.45, 2.75) is 45.4 Å². The standard InChI is InChI=1S/C18H22O8/c1-11(19)22-9-15(24-13(3)21)17-16(10-23-12(2)20)25-18(26-17)14-7-5-4-6-8-14/h4-8,15-18H,9-10H2,1-3H3/t15-,16-,17+,18?/m1/s1. The molecular weight excluding hydrogens is 344 g/mol. The van der Waals surface area contributed by atoms with Crippen LogP contribution < -0.4 is 0 Å². The van der Waals surface area contributed by atoms with Crippen molar-refractivity contribution in [3.63, 3.8) is 0 Å². The molecule has 4 atom stereocenters. The Hall–Kier alpha value is -2.45. The topological polar surface area (TPSA) is 97.4 Å². The Kier molecular flexibility index (Phi) is 7.11. The minimum atomic E-state index is -0.898. The van der Waals surface area contributed by atoms with Gasteiger partial charge in [0.15, 0.2) is 12.4 Å². The summed E-state index contributed by atoms with van der Waals surface area (Å²) in [5.41, 5.74) is 0.761. The molecule has 2 rings (SSSR count). The zero-order valence-corrected chi connectivity index (χ0v) is 14.9. The fraction of sp³-hybridized carbons (Fsp3) is 0.500. The van der Waals surface area contributed by atoms with Crippen LogP contribution in [0.5, 0.6) is 0 Å². The molecule has 0 spiro atoms. The van der Waals surface area contributed by atoms with Crippen molar-refractivity contribution < 1.29 is 38.1 Å². The van der Waals surface area contributed by atoms with Crippen molar-refractivity contribution in [1.82, 2.24) is 0 Å². The van der Waals surface area contributed by atoms with Gasteiger partial charge in [-0.15, -0.1) is 0 Å². The molecule has 1 aromatic carbocycles. The van der Waals surface area contributed by atoms with E-state index in [1.165, 1.54) is 20.8 Å². The van der Waals surface area contributed by atoms with Crippen LogP contribution in [0.25, 0.3) is 0 Å². The number of carbonyl (C=O) groups excluding carboxylic acids is 3. The molecule has 1 unspecified atom stereocenters. The molecular formula is C18H22O8. The van der Waals surface area contributed by atoms with Gasteiger partial charge >= 0.3 is 17.9 Å².